The summed E-state index contributed by atoms with van der Waals surface area (Å²) in [4.78, 5) is 10.2. The van der Waals surface area contributed by atoms with Crippen LogP contribution in [0.4, 0.5) is 10.1 Å². The predicted octanol–water partition coefficient (Wildman–Crippen LogP) is 2.81. The van der Waals surface area contributed by atoms with Crippen LogP contribution in [-0.4, -0.2) is 10.0 Å². The van der Waals surface area contributed by atoms with Crippen molar-refractivity contribution in [2.75, 3.05) is 0 Å². The lowest BCUT2D eigenvalue weighted by Crippen LogP contribution is -2.00. The maximum absolute atomic E-state index is 13.1. The lowest BCUT2D eigenvalue weighted by Gasteiger charge is -2.07. The normalized spacial score (nSPS) is 10.3. The van der Waals surface area contributed by atoms with E-state index >= 15 is 0 Å². The Kier molecular flexibility index (Phi) is 4.27. The Morgan fingerprint density at radius 2 is 1.80 bits per heavy atom. The molecule has 0 radical (unpaired) electrons. The maximum atomic E-state index is 13.1. The van der Waals surface area contributed by atoms with Crippen LogP contribution in [0.3, 0.4) is 0 Å². The van der Waals surface area contributed by atoms with Crippen molar-refractivity contribution in [1.82, 2.24) is 0 Å². The standard InChI is InChI=1S/C14H12FNO4/c15-12-5-6-13(16(18)19)14(7-12)20-9-11-3-1-10(8-17)2-4-11/h1-7,17H,8-9H2. The summed E-state index contributed by atoms with van der Waals surface area (Å²) in [5.41, 5.74) is 1.24. The summed E-state index contributed by atoms with van der Waals surface area (Å²) in [7, 11) is 0. The van der Waals surface area contributed by atoms with E-state index in [9.17, 15) is 14.5 Å². The number of ether oxygens (including phenoxy) is 1. The lowest BCUT2D eigenvalue weighted by molar-refractivity contribution is -0.386. The first-order valence-electron chi connectivity index (χ1n) is 5.85. The minimum Gasteiger partial charge on any atom is -0.482 e. The first kappa shape index (κ1) is 14.0. The molecule has 0 saturated heterocycles. The number of hydrogen-bond acceptors (Lipinski definition) is 4. The zero-order chi connectivity index (χ0) is 14.5. The van der Waals surface area contributed by atoms with Crippen molar-refractivity contribution in [2.45, 2.75) is 13.2 Å². The second-order valence-corrected chi connectivity index (χ2v) is 4.13. The predicted molar refractivity (Wildman–Crippen MR) is 69.8 cm³/mol. The van der Waals surface area contributed by atoms with Crippen molar-refractivity contribution in [3.8, 4) is 5.75 Å². The zero-order valence-corrected chi connectivity index (χ0v) is 10.5. The van der Waals surface area contributed by atoms with E-state index in [1.165, 1.54) is 0 Å². The summed E-state index contributed by atoms with van der Waals surface area (Å²) in [6.07, 6.45) is 0. The van der Waals surface area contributed by atoms with E-state index in [1.807, 2.05) is 0 Å². The third-order valence-electron chi connectivity index (χ3n) is 2.72. The minimum absolute atomic E-state index is 0.0590. The first-order valence-corrected chi connectivity index (χ1v) is 5.85. The van der Waals surface area contributed by atoms with Gasteiger partial charge in [-0.05, 0) is 17.2 Å². The van der Waals surface area contributed by atoms with Gasteiger partial charge < -0.3 is 9.84 Å². The van der Waals surface area contributed by atoms with E-state index in [0.29, 0.717) is 0 Å². The summed E-state index contributed by atoms with van der Waals surface area (Å²) in [5.74, 6) is -0.706. The first-order chi connectivity index (χ1) is 9.60. The van der Waals surface area contributed by atoms with Crippen molar-refractivity contribution < 1.29 is 19.2 Å². The molecule has 104 valence electrons. The molecule has 0 unspecified atom stereocenters. The molecule has 0 bridgehead atoms. The Labute approximate surface area is 114 Å². The highest BCUT2D eigenvalue weighted by Gasteiger charge is 2.15. The van der Waals surface area contributed by atoms with E-state index < -0.39 is 10.7 Å². The average molecular weight is 277 g/mol. The van der Waals surface area contributed by atoms with Crippen molar-refractivity contribution >= 4 is 5.69 Å². The summed E-state index contributed by atoms with van der Waals surface area (Å²) < 4.78 is 18.4. The molecule has 0 aromatic heterocycles. The Balaban J connectivity index is 2.13. The maximum Gasteiger partial charge on any atom is 0.311 e. The summed E-state index contributed by atoms with van der Waals surface area (Å²) >= 11 is 0. The van der Waals surface area contributed by atoms with E-state index in [-0.39, 0.29) is 24.7 Å². The van der Waals surface area contributed by atoms with Crippen molar-refractivity contribution in [3.05, 3.63) is 69.5 Å². The fraction of sp³-hybridized carbons (Fsp3) is 0.143. The van der Waals surface area contributed by atoms with E-state index in [1.54, 1.807) is 24.3 Å². The number of halogens is 1. The Morgan fingerprint density at radius 1 is 1.15 bits per heavy atom. The van der Waals surface area contributed by atoms with E-state index in [2.05, 4.69) is 0 Å². The number of aliphatic hydroxyl groups is 1. The molecule has 2 aromatic carbocycles. The summed E-state index contributed by atoms with van der Waals surface area (Å²) in [6.45, 7) is 0.0203. The van der Waals surface area contributed by atoms with Gasteiger partial charge in [-0.3, -0.25) is 10.1 Å². The van der Waals surface area contributed by atoms with Gasteiger partial charge in [-0.25, -0.2) is 4.39 Å². The molecule has 20 heavy (non-hydrogen) atoms. The second kappa shape index (κ2) is 6.12. The van der Waals surface area contributed by atoms with Gasteiger partial charge in [0.1, 0.15) is 12.4 Å². The Morgan fingerprint density at radius 3 is 2.40 bits per heavy atom. The van der Waals surface area contributed by atoms with Crippen molar-refractivity contribution in [2.24, 2.45) is 0 Å². The molecular formula is C14H12FNO4. The van der Waals surface area contributed by atoms with Crippen LogP contribution >= 0.6 is 0 Å². The molecule has 0 aliphatic heterocycles. The highest BCUT2D eigenvalue weighted by Crippen LogP contribution is 2.28. The van der Waals surface area contributed by atoms with Crippen LogP contribution in [0, 0.1) is 15.9 Å². The van der Waals surface area contributed by atoms with Crippen LogP contribution in [0.25, 0.3) is 0 Å². The van der Waals surface area contributed by atoms with Gasteiger partial charge in [0.25, 0.3) is 0 Å². The Hall–Kier alpha value is -2.47. The summed E-state index contributed by atoms with van der Waals surface area (Å²) in [6, 6.07) is 9.98. The quantitative estimate of drug-likeness (QED) is 0.673. The Bertz CT molecular complexity index is 613. The zero-order valence-electron chi connectivity index (χ0n) is 10.5. The van der Waals surface area contributed by atoms with Gasteiger partial charge in [0, 0.05) is 12.1 Å². The fourth-order valence-electron chi connectivity index (χ4n) is 1.66. The number of nitro groups is 1. The van der Waals surface area contributed by atoms with Crippen molar-refractivity contribution in [3.63, 3.8) is 0 Å². The van der Waals surface area contributed by atoms with Gasteiger partial charge in [-0.2, -0.15) is 0 Å². The highest BCUT2D eigenvalue weighted by molar-refractivity contribution is 5.46. The lowest BCUT2D eigenvalue weighted by atomic mass is 10.1. The number of aliphatic hydroxyl groups excluding tert-OH is 1. The van der Waals surface area contributed by atoms with Gasteiger partial charge in [0.05, 0.1) is 11.5 Å². The molecule has 0 spiro atoms. The largest absolute Gasteiger partial charge is 0.482 e. The molecule has 0 fully saturated rings. The number of rotatable bonds is 5. The van der Waals surface area contributed by atoms with Gasteiger partial charge in [0.2, 0.25) is 0 Å². The molecule has 0 saturated carbocycles. The number of benzene rings is 2. The summed E-state index contributed by atoms with van der Waals surface area (Å²) in [5, 5.41) is 19.7. The molecule has 5 nitrogen and oxygen atoms in total. The smallest absolute Gasteiger partial charge is 0.311 e. The van der Waals surface area contributed by atoms with Crippen LogP contribution in [-0.2, 0) is 13.2 Å². The molecule has 0 atom stereocenters. The second-order valence-electron chi connectivity index (χ2n) is 4.13. The molecule has 0 aliphatic rings. The fourth-order valence-corrected chi connectivity index (χ4v) is 1.66. The molecule has 2 rings (SSSR count). The molecule has 0 heterocycles. The average Bonchev–Trinajstić information content (AvgIpc) is 2.45. The molecular weight excluding hydrogens is 265 g/mol. The van der Waals surface area contributed by atoms with Crippen LogP contribution in [0.15, 0.2) is 42.5 Å². The van der Waals surface area contributed by atoms with Crippen LogP contribution < -0.4 is 4.74 Å². The van der Waals surface area contributed by atoms with E-state index in [4.69, 9.17) is 9.84 Å². The topological polar surface area (TPSA) is 72.6 Å². The monoisotopic (exact) mass is 277 g/mol. The van der Waals surface area contributed by atoms with Crippen LogP contribution in [0.2, 0.25) is 0 Å². The SMILES string of the molecule is O=[N+]([O-])c1ccc(F)cc1OCc1ccc(CO)cc1. The molecule has 0 amide bonds. The van der Waals surface area contributed by atoms with Crippen molar-refractivity contribution in [1.29, 1.82) is 0 Å². The molecule has 1 N–H and O–H groups in total. The number of nitro benzene ring substituents is 1. The molecule has 6 heteroatoms. The van der Waals surface area contributed by atoms with Crippen LogP contribution in [0.1, 0.15) is 11.1 Å². The third kappa shape index (κ3) is 3.30. The number of nitrogens with zero attached hydrogens (tertiary/aromatic N) is 1. The molecule has 0 aliphatic carbocycles. The van der Waals surface area contributed by atoms with Crippen LogP contribution in [0.5, 0.6) is 5.75 Å². The highest BCUT2D eigenvalue weighted by atomic mass is 19.1. The minimum atomic E-state index is -0.621. The van der Waals surface area contributed by atoms with Gasteiger partial charge in [-0.1, -0.05) is 24.3 Å². The molecule has 2 aromatic rings. The van der Waals surface area contributed by atoms with Gasteiger partial charge in [0.15, 0.2) is 5.75 Å². The van der Waals surface area contributed by atoms with Gasteiger partial charge >= 0.3 is 5.69 Å². The van der Waals surface area contributed by atoms with Gasteiger partial charge in [-0.15, -0.1) is 0 Å². The number of hydrogen-bond donors (Lipinski definition) is 1. The van der Waals surface area contributed by atoms with E-state index in [0.717, 1.165) is 29.3 Å². The third-order valence-corrected chi connectivity index (χ3v) is 2.72.